The van der Waals surface area contributed by atoms with Crippen LogP contribution in [0.1, 0.15) is 30.4 Å². The van der Waals surface area contributed by atoms with Gasteiger partial charge in [-0.05, 0) is 37.0 Å². The van der Waals surface area contributed by atoms with E-state index in [1.165, 1.54) is 19.3 Å². The third-order valence-electron chi connectivity index (χ3n) is 4.00. The Bertz CT molecular complexity index is 477. The third-order valence-corrected chi connectivity index (χ3v) is 4.00. The van der Waals surface area contributed by atoms with Crippen LogP contribution in [0.15, 0.2) is 18.2 Å². The lowest BCUT2D eigenvalue weighted by Crippen LogP contribution is -2.37. The molecule has 1 aromatic carbocycles. The number of hydrogen-bond donors (Lipinski definition) is 1. The third kappa shape index (κ3) is 3.50. The number of benzene rings is 1. The van der Waals surface area contributed by atoms with Crippen molar-refractivity contribution in [1.29, 1.82) is 5.26 Å². The number of rotatable bonds is 7. The van der Waals surface area contributed by atoms with Crippen LogP contribution in [0.3, 0.4) is 0 Å². The molecule has 0 aromatic heterocycles. The molecule has 1 aromatic rings. The van der Waals surface area contributed by atoms with E-state index in [-0.39, 0.29) is 0 Å². The number of nitrogens with zero attached hydrogens (tertiary/aromatic N) is 2. The summed E-state index contributed by atoms with van der Waals surface area (Å²) < 4.78 is 5.00. The fourth-order valence-electron chi connectivity index (χ4n) is 2.47. The average Bonchev–Trinajstić information content (AvgIpc) is 2.41. The monoisotopic (exact) mass is 273 g/mol. The van der Waals surface area contributed by atoms with Gasteiger partial charge in [0.15, 0.2) is 0 Å². The van der Waals surface area contributed by atoms with Gasteiger partial charge in [-0.25, -0.2) is 0 Å². The van der Waals surface area contributed by atoms with Crippen molar-refractivity contribution >= 4 is 5.69 Å². The Hall–Kier alpha value is -1.57. The van der Waals surface area contributed by atoms with Crippen LogP contribution in [0.25, 0.3) is 0 Å². The largest absolute Gasteiger partial charge is 0.383 e. The second-order valence-corrected chi connectivity index (χ2v) is 5.33. The minimum Gasteiger partial charge on any atom is -0.383 e. The Morgan fingerprint density at radius 2 is 2.25 bits per heavy atom. The Kier molecular flexibility index (Phi) is 5.40. The average molecular weight is 273 g/mol. The number of hydrogen-bond acceptors (Lipinski definition) is 4. The molecule has 4 nitrogen and oxygen atoms in total. The molecular formula is C16H23N3O. The van der Waals surface area contributed by atoms with Crippen LogP contribution in [-0.2, 0) is 11.3 Å². The molecule has 0 heterocycles. The lowest BCUT2D eigenvalue weighted by Gasteiger charge is -2.36. The van der Waals surface area contributed by atoms with Crippen molar-refractivity contribution in [2.75, 3.05) is 32.2 Å². The molecule has 0 spiro atoms. The minimum atomic E-state index is 0.604. The molecule has 1 aliphatic carbocycles. The summed E-state index contributed by atoms with van der Waals surface area (Å²) in [6.45, 7) is 2.29. The van der Waals surface area contributed by atoms with Gasteiger partial charge >= 0.3 is 0 Å². The lowest BCUT2D eigenvalue weighted by molar-refractivity contribution is 0.199. The first-order valence-corrected chi connectivity index (χ1v) is 7.21. The van der Waals surface area contributed by atoms with Crippen molar-refractivity contribution < 1.29 is 4.74 Å². The summed E-state index contributed by atoms with van der Waals surface area (Å²) in [6.07, 6.45) is 3.78. The van der Waals surface area contributed by atoms with E-state index in [1.54, 1.807) is 7.11 Å². The standard InChI is InChI=1S/C16H23N3O/c1-19(15-4-3-5-15)16-7-6-13(10-14(16)11-17)12-18-8-9-20-2/h6-7,10,15,18H,3-5,8-9,12H2,1-2H3. The number of anilines is 1. The molecule has 0 aliphatic heterocycles. The maximum atomic E-state index is 9.36. The minimum absolute atomic E-state index is 0.604. The van der Waals surface area contributed by atoms with Gasteiger partial charge in [-0.15, -0.1) is 0 Å². The van der Waals surface area contributed by atoms with E-state index >= 15 is 0 Å². The van der Waals surface area contributed by atoms with E-state index in [0.717, 1.165) is 29.9 Å². The molecule has 1 N–H and O–H groups in total. The van der Waals surface area contributed by atoms with E-state index in [2.05, 4.69) is 35.5 Å². The van der Waals surface area contributed by atoms with Crippen LogP contribution in [-0.4, -0.2) is 33.4 Å². The van der Waals surface area contributed by atoms with Gasteiger partial charge < -0.3 is 15.0 Å². The highest BCUT2D eigenvalue weighted by molar-refractivity contribution is 5.60. The molecule has 108 valence electrons. The van der Waals surface area contributed by atoms with E-state index in [0.29, 0.717) is 12.6 Å². The van der Waals surface area contributed by atoms with Gasteiger partial charge in [0.25, 0.3) is 0 Å². The molecule has 2 rings (SSSR count). The van der Waals surface area contributed by atoms with E-state index in [4.69, 9.17) is 4.74 Å². The Morgan fingerprint density at radius 3 is 2.85 bits per heavy atom. The fraction of sp³-hybridized carbons (Fsp3) is 0.562. The number of ether oxygens (including phenoxy) is 1. The summed E-state index contributed by atoms with van der Waals surface area (Å²) in [6, 6.07) is 9.10. The maximum absolute atomic E-state index is 9.36. The van der Waals surface area contributed by atoms with E-state index < -0.39 is 0 Å². The molecule has 0 radical (unpaired) electrons. The van der Waals surface area contributed by atoms with Crippen LogP contribution in [0.4, 0.5) is 5.69 Å². The number of methoxy groups -OCH3 is 1. The van der Waals surface area contributed by atoms with Crippen molar-refractivity contribution in [2.24, 2.45) is 0 Å². The van der Waals surface area contributed by atoms with Crippen LogP contribution in [0.5, 0.6) is 0 Å². The molecule has 0 saturated heterocycles. The predicted molar refractivity (Wildman–Crippen MR) is 80.8 cm³/mol. The van der Waals surface area contributed by atoms with Gasteiger partial charge in [-0.3, -0.25) is 0 Å². The second-order valence-electron chi connectivity index (χ2n) is 5.33. The van der Waals surface area contributed by atoms with E-state index in [1.807, 2.05) is 6.07 Å². The fourth-order valence-corrected chi connectivity index (χ4v) is 2.47. The predicted octanol–water partition coefficient (Wildman–Crippen LogP) is 2.28. The van der Waals surface area contributed by atoms with Crippen LogP contribution in [0.2, 0.25) is 0 Å². The van der Waals surface area contributed by atoms with Crippen molar-refractivity contribution in [3.8, 4) is 6.07 Å². The molecule has 20 heavy (non-hydrogen) atoms. The zero-order valence-electron chi connectivity index (χ0n) is 12.4. The highest BCUT2D eigenvalue weighted by atomic mass is 16.5. The van der Waals surface area contributed by atoms with E-state index in [9.17, 15) is 5.26 Å². The van der Waals surface area contributed by atoms with Gasteiger partial charge in [0.2, 0.25) is 0 Å². The molecular weight excluding hydrogens is 250 g/mol. The SMILES string of the molecule is COCCNCc1ccc(N(C)C2CCC2)c(C#N)c1. The van der Waals surface area contributed by atoms with Gasteiger partial charge in [-0.1, -0.05) is 6.07 Å². The van der Waals surface area contributed by atoms with Gasteiger partial charge in [-0.2, -0.15) is 5.26 Å². The number of nitriles is 1. The first kappa shape index (κ1) is 14.8. The first-order valence-electron chi connectivity index (χ1n) is 7.21. The summed E-state index contributed by atoms with van der Waals surface area (Å²) in [7, 11) is 3.79. The van der Waals surface area contributed by atoms with Crippen molar-refractivity contribution in [1.82, 2.24) is 5.32 Å². The summed E-state index contributed by atoms with van der Waals surface area (Å²) in [5, 5.41) is 12.7. The molecule has 0 atom stereocenters. The molecule has 4 heteroatoms. The Balaban J connectivity index is 2.02. The van der Waals surface area contributed by atoms with Crippen LogP contribution in [0, 0.1) is 11.3 Å². The highest BCUT2D eigenvalue weighted by Crippen LogP contribution is 2.30. The lowest BCUT2D eigenvalue weighted by atomic mass is 9.91. The molecule has 0 unspecified atom stereocenters. The van der Waals surface area contributed by atoms with Crippen molar-refractivity contribution in [2.45, 2.75) is 31.8 Å². The zero-order valence-corrected chi connectivity index (χ0v) is 12.4. The summed E-state index contributed by atoms with van der Waals surface area (Å²) >= 11 is 0. The molecule has 0 bridgehead atoms. The quantitative estimate of drug-likeness (QED) is 0.774. The Labute approximate surface area is 121 Å². The summed E-state index contributed by atoms with van der Waals surface area (Å²) in [4.78, 5) is 2.25. The highest BCUT2D eigenvalue weighted by Gasteiger charge is 2.23. The zero-order chi connectivity index (χ0) is 14.4. The van der Waals surface area contributed by atoms with Crippen molar-refractivity contribution in [3.05, 3.63) is 29.3 Å². The van der Waals surface area contributed by atoms with Crippen molar-refractivity contribution in [3.63, 3.8) is 0 Å². The molecule has 1 saturated carbocycles. The number of nitrogens with one attached hydrogen (secondary N) is 1. The Morgan fingerprint density at radius 1 is 1.45 bits per heavy atom. The van der Waals surface area contributed by atoms with Gasteiger partial charge in [0, 0.05) is 33.3 Å². The van der Waals surface area contributed by atoms with Crippen LogP contribution >= 0.6 is 0 Å². The van der Waals surface area contributed by atoms with Gasteiger partial charge in [0.05, 0.1) is 17.9 Å². The molecule has 1 fully saturated rings. The first-order chi connectivity index (χ1) is 9.76. The summed E-state index contributed by atoms with van der Waals surface area (Å²) in [5.41, 5.74) is 2.96. The van der Waals surface area contributed by atoms with Gasteiger partial charge in [0.1, 0.15) is 6.07 Å². The maximum Gasteiger partial charge on any atom is 0.101 e. The summed E-state index contributed by atoms with van der Waals surface area (Å²) in [5.74, 6) is 0. The normalized spacial score (nSPS) is 14.7. The topological polar surface area (TPSA) is 48.3 Å². The molecule has 0 amide bonds. The van der Waals surface area contributed by atoms with Crippen LogP contribution < -0.4 is 10.2 Å². The second kappa shape index (κ2) is 7.28. The molecule has 1 aliphatic rings. The smallest absolute Gasteiger partial charge is 0.101 e.